The fourth-order valence-corrected chi connectivity index (χ4v) is 8.85. The van der Waals surface area contributed by atoms with Gasteiger partial charge in [0.05, 0.1) is 29.0 Å². The van der Waals surface area contributed by atoms with Crippen LogP contribution < -0.4 is 20.5 Å². The van der Waals surface area contributed by atoms with Crippen LogP contribution in [0, 0.1) is 0 Å². The molecule has 1 spiro atoms. The van der Waals surface area contributed by atoms with Crippen LogP contribution in [0.4, 0.5) is 0 Å². The van der Waals surface area contributed by atoms with Crippen LogP contribution in [0.2, 0.25) is 0 Å². The quantitative estimate of drug-likeness (QED) is 0.226. The molecule has 262 valence electrons. The zero-order valence-electron chi connectivity index (χ0n) is 27.8. The third-order valence-electron chi connectivity index (χ3n) is 9.07. The number of sulfone groups is 1. The molecule has 48 heavy (non-hydrogen) atoms. The summed E-state index contributed by atoms with van der Waals surface area (Å²) in [5.41, 5.74) is 7.97. The van der Waals surface area contributed by atoms with Gasteiger partial charge in [-0.2, -0.15) is 4.31 Å². The summed E-state index contributed by atoms with van der Waals surface area (Å²) in [6.45, 7) is 7.21. The number of nitrogens with one attached hydrogen (secondary N) is 1. The molecule has 0 amide bonds. The highest BCUT2D eigenvalue weighted by molar-refractivity contribution is 7.92. The highest BCUT2D eigenvalue weighted by Crippen LogP contribution is 2.39. The first kappa shape index (κ1) is 36.2. The number of benzene rings is 3. The Hall–Kier alpha value is -3.04. The predicted molar refractivity (Wildman–Crippen MR) is 184 cm³/mol. The summed E-state index contributed by atoms with van der Waals surface area (Å²) < 4.78 is 72.1. The molecule has 3 aromatic rings. The van der Waals surface area contributed by atoms with Crippen LogP contribution in [-0.2, 0) is 31.1 Å². The van der Waals surface area contributed by atoms with Crippen LogP contribution >= 0.6 is 0 Å². The highest BCUT2D eigenvalue weighted by Gasteiger charge is 2.45. The van der Waals surface area contributed by atoms with Crippen LogP contribution in [-0.4, -0.2) is 88.7 Å². The van der Waals surface area contributed by atoms with Gasteiger partial charge in [0.25, 0.3) is 0 Å². The van der Waals surface area contributed by atoms with Crippen LogP contribution in [0.25, 0.3) is 11.1 Å². The van der Waals surface area contributed by atoms with Crippen molar-refractivity contribution >= 4 is 19.9 Å². The van der Waals surface area contributed by atoms with Crippen molar-refractivity contribution in [1.82, 2.24) is 9.62 Å². The number of hydrogen-bond donors (Lipinski definition) is 3. The van der Waals surface area contributed by atoms with Gasteiger partial charge in [-0.1, -0.05) is 36.4 Å². The van der Waals surface area contributed by atoms with Gasteiger partial charge in [0.15, 0.2) is 9.84 Å². The van der Waals surface area contributed by atoms with Crippen molar-refractivity contribution in [3.05, 3.63) is 72.3 Å². The number of sulfonamides is 1. The summed E-state index contributed by atoms with van der Waals surface area (Å²) in [7, 11) is -7.28. The topological polar surface area (TPSA) is 157 Å². The second-order valence-corrected chi connectivity index (χ2v) is 17.1. The molecule has 0 aromatic heterocycles. The summed E-state index contributed by atoms with van der Waals surface area (Å²) in [6, 6.07) is 19.3. The molecule has 2 saturated heterocycles. The molecular formula is C35H47N3O8S2. The molecule has 4 N–H and O–H groups in total. The van der Waals surface area contributed by atoms with E-state index in [1.54, 1.807) is 38.1 Å². The van der Waals surface area contributed by atoms with E-state index in [0.29, 0.717) is 63.6 Å². The van der Waals surface area contributed by atoms with Crippen LogP contribution in [0.15, 0.2) is 76.5 Å². The molecule has 0 aliphatic carbocycles. The van der Waals surface area contributed by atoms with E-state index >= 15 is 0 Å². The first-order valence-electron chi connectivity index (χ1n) is 16.5. The highest BCUT2D eigenvalue weighted by atomic mass is 32.2. The first-order chi connectivity index (χ1) is 22.9. The Balaban J connectivity index is 1.15. The van der Waals surface area contributed by atoms with Gasteiger partial charge in [-0.25, -0.2) is 16.8 Å². The number of nitrogens with two attached hydrogens (primary N) is 1. The minimum Gasteiger partial charge on any atom is -0.492 e. The van der Waals surface area contributed by atoms with Crippen molar-refractivity contribution in [3.63, 3.8) is 0 Å². The maximum absolute atomic E-state index is 14.0. The number of hydrogen-bond acceptors (Lipinski definition) is 10. The molecule has 0 saturated carbocycles. The third-order valence-corrected chi connectivity index (χ3v) is 13.1. The molecule has 0 bridgehead atoms. The Labute approximate surface area is 284 Å². The summed E-state index contributed by atoms with van der Waals surface area (Å²) in [5, 5.41) is 13.4. The van der Waals surface area contributed by atoms with E-state index in [1.807, 2.05) is 37.3 Å². The van der Waals surface area contributed by atoms with Gasteiger partial charge in [0.1, 0.15) is 29.1 Å². The van der Waals surface area contributed by atoms with Gasteiger partial charge in [-0.05, 0) is 87.1 Å². The Bertz CT molecular complexity index is 1760. The monoisotopic (exact) mass is 701 g/mol. The molecule has 13 heteroatoms. The van der Waals surface area contributed by atoms with Crippen molar-refractivity contribution in [3.8, 4) is 22.6 Å². The second-order valence-electron chi connectivity index (χ2n) is 12.7. The number of aliphatic hydroxyl groups is 1. The zero-order chi connectivity index (χ0) is 34.5. The molecule has 2 aliphatic heterocycles. The molecule has 2 fully saturated rings. The smallest absolute Gasteiger partial charge is 0.246 e. The van der Waals surface area contributed by atoms with E-state index in [2.05, 4.69) is 5.32 Å². The number of nitrogens with zero attached hydrogens (tertiary/aromatic N) is 1. The Kier molecular flexibility index (Phi) is 11.5. The summed E-state index contributed by atoms with van der Waals surface area (Å²) in [6.07, 6.45) is 0.973. The van der Waals surface area contributed by atoms with E-state index in [1.165, 1.54) is 16.4 Å². The average Bonchev–Trinajstić information content (AvgIpc) is 3.48. The van der Waals surface area contributed by atoms with Gasteiger partial charge in [-0.15, -0.1) is 0 Å². The lowest BCUT2D eigenvalue weighted by molar-refractivity contribution is -0.0312. The average molecular weight is 702 g/mol. The number of aliphatic hydroxyl groups excluding tert-OH is 1. The van der Waals surface area contributed by atoms with Gasteiger partial charge in [0, 0.05) is 32.2 Å². The molecule has 11 nitrogen and oxygen atoms in total. The Morgan fingerprint density at radius 1 is 1.00 bits per heavy atom. The SMILES string of the molecule is CCOc1ccc(-c2ccc(CN)cc2)cc1S(=O)(=O)N1CCC2(CC1)CC(NCC(O)COc1cccc(S(=O)(=O)C(C)C)c1)CO2. The predicted octanol–water partition coefficient (Wildman–Crippen LogP) is 3.73. The van der Waals surface area contributed by atoms with E-state index < -0.39 is 36.8 Å². The van der Waals surface area contributed by atoms with E-state index in [9.17, 15) is 21.9 Å². The maximum Gasteiger partial charge on any atom is 0.246 e. The summed E-state index contributed by atoms with van der Waals surface area (Å²) in [4.78, 5) is 0.337. The maximum atomic E-state index is 14.0. The van der Waals surface area contributed by atoms with E-state index in [4.69, 9.17) is 19.9 Å². The minimum absolute atomic E-state index is 0.00535. The lowest BCUT2D eigenvalue weighted by Gasteiger charge is -2.38. The normalized spacial score (nSPS) is 19.1. The lowest BCUT2D eigenvalue weighted by atomic mass is 9.88. The number of ether oxygens (including phenoxy) is 3. The Morgan fingerprint density at radius 2 is 1.71 bits per heavy atom. The van der Waals surface area contributed by atoms with Crippen molar-refractivity contribution in [2.45, 2.75) is 79.4 Å². The fourth-order valence-electron chi connectivity index (χ4n) is 6.16. The zero-order valence-corrected chi connectivity index (χ0v) is 29.4. The van der Waals surface area contributed by atoms with Gasteiger partial charge >= 0.3 is 0 Å². The minimum atomic E-state index is -3.85. The number of rotatable bonds is 14. The second kappa shape index (κ2) is 15.2. The first-order valence-corrected chi connectivity index (χ1v) is 19.4. The standard InChI is InChI=1S/C35H47N3O8S2/c1-4-44-33-13-12-28(27-10-8-26(21-36)9-11-27)18-34(33)48(42,43)38-16-14-35(15-17-38)20-29(23-46-35)37-22-30(39)24-45-31-6-5-7-32(19-31)47(40,41)25(2)3/h5-13,18-19,25,29-30,37,39H,4,14-17,20-24,36H2,1-3H3. The molecule has 3 aromatic carbocycles. The number of piperidine rings is 1. The van der Waals surface area contributed by atoms with Gasteiger partial charge < -0.3 is 30.4 Å². The Morgan fingerprint density at radius 3 is 2.38 bits per heavy atom. The molecule has 5 rings (SSSR count). The van der Waals surface area contributed by atoms with Crippen molar-refractivity contribution in [1.29, 1.82) is 0 Å². The van der Waals surface area contributed by atoms with Gasteiger partial charge in [0.2, 0.25) is 10.0 Å². The summed E-state index contributed by atoms with van der Waals surface area (Å²) in [5.74, 6) is 0.708. The molecule has 2 unspecified atom stereocenters. The van der Waals surface area contributed by atoms with Gasteiger partial charge in [-0.3, -0.25) is 0 Å². The van der Waals surface area contributed by atoms with Crippen LogP contribution in [0.3, 0.4) is 0 Å². The fraction of sp³-hybridized carbons (Fsp3) is 0.486. The third kappa shape index (κ3) is 8.21. The molecule has 2 aliphatic rings. The molecular weight excluding hydrogens is 655 g/mol. The van der Waals surface area contributed by atoms with Crippen molar-refractivity contribution < 1.29 is 36.2 Å². The van der Waals surface area contributed by atoms with Crippen molar-refractivity contribution in [2.75, 3.05) is 39.5 Å². The van der Waals surface area contributed by atoms with Crippen LogP contribution in [0.5, 0.6) is 11.5 Å². The van der Waals surface area contributed by atoms with Crippen LogP contribution in [0.1, 0.15) is 45.6 Å². The lowest BCUT2D eigenvalue weighted by Crippen LogP contribution is -2.47. The van der Waals surface area contributed by atoms with E-state index in [-0.39, 0.29) is 29.0 Å². The molecule has 2 atom stereocenters. The van der Waals surface area contributed by atoms with E-state index in [0.717, 1.165) is 16.7 Å². The molecule has 0 radical (unpaired) electrons. The summed E-state index contributed by atoms with van der Waals surface area (Å²) >= 11 is 0. The molecule has 2 heterocycles. The van der Waals surface area contributed by atoms with Crippen molar-refractivity contribution in [2.24, 2.45) is 5.73 Å². The largest absolute Gasteiger partial charge is 0.492 e.